The zero-order chi connectivity index (χ0) is 30.1. The Bertz CT molecular complexity index is 1130. The van der Waals surface area contributed by atoms with Crippen LogP contribution in [0.15, 0.2) is 121 Å². The molecule has 0 spiro atoms. The maximum Gasteiger partial charge on any atom is 6.00 e. The molecular formula is C34H28FeN6+4. The molecule has 0 fully saturated rings. The molecule has 7 heteroatoms. The van der Waals surface area contributed by atoms with E-state index in [1.54, 1.807) is 0 Å². The average Bonchev–Trinajstić information content (AvgIpc) is 3.03. The van der Waals surface area contributed by atoms with E-state index in [4.69, 9.17) is 50.0 Å². The third kappa shape index (κ3) is 24.4. The number of hydrogen-bond donors (Lipinski definition) is 0. The number of hydrogen-bond acceptors (Lipinski definition) is 2. The summed E-state index contributed by atoms with van der Waals surface area (Å²) in [4.78, 5) is 13.0. The van der Waals surface area contributed by atoms with Crippen molar-refractivity contribution >= 4 is 0 Å². The zero-order valence-corrected chi connectivity index (χ0v) is 23.5. The molecule has 4 aromatic carbocycles. The Kier molecular flexibility index (Phi) is 31.5. The summed E-state index contributed by atoms with van der Waals surface area (Å²) in [7, 11) is 0. The standard InChI is InChI=1S/4C8H7N.2CN.Fe/c4*1-9-7-8-5-3-2-4-6-8;2*1-2;/h4*2-6H,7H2;;;/q;;;;2*-1;+6. The minimum absolute atomic E-state index is 0. The Labute approximate surface area is 255 Å². The molecule has 4 rings (SSSR count). The van der Waals surface area contributed by atoms with Crippen LogP contribution in [0, 0.1) is 50.0 Å². The molecule has 0 heterocycles. The molecule has 0 N–H and O–H groups in total. The van der Waals surface area contributed by atoms with Crippen molar-refractivity contribution < 1.29 is 17.1 Å². The van der Waals surface area contributed by atoms with Gasteiger partial charge in [0.15, 0.2) is 0 Å². The van der Waals surface area contributed by atoms with E-state index in [1.807, 2.05) is 121 Å². The Balaban J connectivity index is -0.000000447. The number of nitrogens with zero attached hydrogens (tertiary/aromatic N) is 6. The van der Waals surface area contributed by atoms with Crippen LogP contribution in [0.5, 0.6) is 0 Å². The van der Waals surface area contributed by atoms with Crippen LogP contribution < -0.4 is 0 Å². The van der Waals surface area contributed by atoms with Gasteiger partial charge in [0.25, 0.3) is 0 Å². The van der Waals surface area contributed by atoms with Crippen molar-refractivity contribution in [2.45, 2.75) is 26.2 Å². The van der Waals surface area contributed by atoms with Crippen molar-refractivity contribution in [1.29, 1.82) is 10.5 Å². The van der Waals surface area contributed by atoms with E-state index in [2.05, 4.69) is 19.4 Å². The molecule has 198 valence electrons. The predicted octanol–water partition coefficient (Wildman–Crippen LogP) is 8.61. The molecule has 0 amide bonds. The fourth-order valence-electron chi connectivity index (χ4n) is 2.70. The molecule has 0 aromatic heterocycles. The van der Waals surface area contributed by atoms with Crippen molar-refractivity contribution in [2.75, 3.05) is 0 Å². The van der Waals surface area contributed by atoms with Crippen molar-refractivity contribution in [1.82, 2.24) is 0 Å². The minimum atomic E-state index is 0. The Morgan fingerprint density at radius 1 is 0.341 bits per heavy atom. The summed E-state index contributed by atoms with van der Waals surface area (Å²) in [6.07, 6.45) is 0. The van der Waals surface area contributed by atoms with Crippen LogP contribution in [0.25, 0.3) is 19.4 Å². The van der Waals surface area contributed by atoms with Gasteiger partial charge in [-0.2, -0.15) is 0 Å². The van der Waals surface area contributed by atoms with Gasteiger partial charge in [0.05, 0.1) is 0 Å². The summed E-state index contributed by atoms with van der Waals surface area (Å²) >= 11 is 0. The number of rotatable bonds is 4. The molecule has 0 bridgehead atoms. The quantitative estimate of drug-likeness (QED) is 0.180. The van der Waals surface area contributed by atoms with Crippen LogP contribution in [0.4, 0.5) is 0 Å². The first-order valence-corrected chi connectivity index (χ1v) is 11.7. The fraction of sp³-hybridized carbons (Fsp3) is 0.118. The molecule has 0 saturated heterocycles. The maximum absolute atomic E-state index is 6.57. The Morgan fingerprint density at radius 2 is 0.488 bits per heavy atom. The van der Waals surface area contributed by atoms with Crippen molar-refractivity contribution in [2.24, 2.45) is 0 Å². The van der Waals surface area contributed by atoms with E-state index in [-0.39, 0.29) is 17.1 Å². The van der Waals surface area contributed by atoms with Crippen LogP contribution in [0.2, 0.25) is 0 Å². The monoisotopic (exact) mass is 576 g/mol. The van der Waals surface area contributed by atoms with Gasteiger partial charge in [-0.25, -0.2) is 26.3 Å². The Morgan fingerprint density at radius 3 is 0.610 bits per heavy atom. The smallest absolute Gasteiger partial charge is 0.512 e. The van der Waals surface area contributed by atoms with Crippen molar-refractivity contribution in [3.63, 3.8) is 0 Å². The van der Waals surface area contributed by atoms with Gasteiger partial charge in [-0.05, 0) is 0 Å². The molecule has 0 radical (unpaired) electrons. The van der Waals surface area contributed by atoms with Crippen LogP contribution in [-0.4, -0.2) is 0 Å². The topological polar surface area (TPSA) is 65.0 Å². The first-order valence-electron chi connectivity index (χ1n) is 11.7. The van der Waals surface area contributed by atoms with E-state index in [0.29, 0.717) is 26.2 Å². The fourth-order valence-corrected chi connectivity index (χ4v) is 2.70. The van der Waals surface area contributed by atoms with Gasteiger partial charge >= 0.3 is 17.1 Å². The first-order chi connectivity index (χ1) is 19.7. The van der Waals surface area contributed by atoms with Crippen molar-refractivity contribution in [3.8, 4) is 0 Å². The largest absolute Gasteiger partial charge is 6.00 e. The van der Waals surface area contributed by atoms with E-state index in [9.17, 15) is 0 Å². The van der Waals surface area contributed by atoms with Gasteiger partial charge in [-0.1, -0.05) is 121 Å². The molecule has 6 nitrogen and oxygen atoms in total. The Hall–Kier alpha value is -5.66. The molecular weight excluding hydrogens is 548 g/mol. The van der Waals surface area contributed by atoms with Crippen LogP contribution >= 0.6 is 0 Å². The van der Waals surface area contributed by atoms with Gasteiger partial charge < -0.3 is 43.0 Å². The first kappa shape index (κ1) is 39.8. The van der Waals surface area contributed by atoms with Crippen LogP contribution in [0.3, 0.4) is 0 Å². The van der Waals surface area contributed by atoms with Gasteiger partial charge in [0, 0.05) is 22.3 Å². The third-order valence-corrected chi connectivity index (χ3v) is 4.42. The second-order valence-electron chi connectivity index (χ2n) is 7.21. The molecule has 0 aliphatic heterocycles. The molecule has 0 saturated carbocycles. The summed E-state index contributed by atoms with van der Waals surface area (Å²) in [5.41, 5.74) is 4.36. The van der Waals surface area contributed by atoms with Gasteiger partial charge in [-0.15, -0.1) is 0 Å². The second kappa shape index (κ2) is 32.4. The normalized spacial score (nSPS) is 7.41. The summed E-state index contributed by atoms with van der Waals surface area (Å²) in [6.45, 7) is 37.8. The van der Waals surface area contributed by atoms with Gasteiger partial charge in [0.1, 0.15) is 0 Å². The molecule has 0 aliphatic carbocycles. The van der Waals surface area contributed by atoms with E-state index < -0.39 is 0 Å². The van der Waals surface area contributed by atoms with Crippen LogP contribution in [-0.2, 0) is 43.2 Å². The summed E-state index contributed by atoms with van der Waals surface area (Å²) in [6, 6.07) is 39.0. The minimum Gasteiger partial charge on any atom is -0.512 e. The molecule has 0 atom stereocenters. The summed E-state index contributed by atoms with van der Waals surface area (Å²) in [5.74, 6) is 0. The zero-order valence-electron chi connectivity index (χ0n) is 22.4. The second-order valence-corrected chi connectivity index (χ2v) is 7.21. The molecule has 4 aromatic rings. The molecule has 41 heavy (non-hydrogen) atoms. The summed E-state index contributed by atoms with van der Waals surface area (Å²) in [5, 5.41) is 12.5. The third-order valence-electron chi connectivity index (χ3n) is 4.42. The maximum atomic E-state index is 6.57. The van der Waals surface area contributed by atoms with Crippen molar-refractivity contribution in [3.05, 3.63) is 202 Å². The average molecular weight is 576 g/mol. The SMILES string of the molecule is [C-]#N.[C-]#N.[C-]#[N+]Cc1ccccc1.[C-]#[N+]Cc1ccccc1.[C-]#[N+]Cc1ccccc1.[C-]#[N+]Cc1ccccc1.[Fe+6]. The predicted molar refractivity (Wildman–Crippen MR) is 157 cm³/mol. The number of benzene rings is 4. The summed E-state index contributed by atoms with van der Waals surface area (Å²) < 4.78 is 0. The van der Waals surface area contributed by atoms with Gasteiger partial charge in [0.2, 0.25) is 26.2 Å². The van der Waals surface area contributed by atoms with E-state index in [1.165, 1.54) is 0 Å². The van der Waals surface area contributed by atoms with Crippen LogP contribution in [0.1, 0.15) is 22.3 Å². The van der Waals surface area contributed by atoms with E-state index in [0.717, 1.165) is 22.3 Å². The van der Waals surface area contributed by atoms with Gasteiger partial charge in [-0.3, -0.25) is 0 Å². The van der Waals surface area contributed by atoms with E-state index >= 15 is 0 Å². The molecule has 0 aliphatic rings. The molecule has 0 unspecified atom stereocenters.